The fourth-order valence-corrected chi connectivity index (χ4v) is 2.92. The lowest BCUT2D eigenvalue weighted by atomic mass is 10.1. The quantitative estimate of drug-likeness (QED) is 0.726. The van der Waals surface area contributed by atoms with Crippen LogP contribution < -0.4 is 0 Å². The maximum absolute atomic E-state index is 14.0. The molecular formula is C14H11ClFN3OS. The molecule has 1 aromatic carbocycles. The summed E-state index contributed by atoms with van der Waals surface area (Å²) in [5.41, 5.74) is 1.87. The van der Waals surface area contributed by atoms with Crippen LogP contribution in [0, 0.1) is 12.7 Å². The van der Waals surface area contributed by atoms with Crippen LogP contribution in [-0.4, -0.2) is 26.0 Å². The molecule has 3 aromatic rings. The van der Waals surface area contributed by atoms with Crippen molar-refractivity contribution in [2.45, 2.75) is 11.8 Å². The third-order valence-electron chi connectivity index (χ3n) is 3.12. The summed E-state index contributed by atoms with van der Waals surface area (Å²) in [4.78, 5) is 5.02. The minimum Gasteiger partial charge on any atom is -0.492 e. The van der Waals surface area contributed by atoms with Crippen molar-refractivity contribution in [3.63, 3.8) is 0 Å². The Morgan fingerprint density at radius 2 is 2.10 bits per heavy atom. The molecule has 0 fully saturated rings. The zero-order valence-corrected chi connectivity index (χ0v) is 12.8. The number of benzene rings is 1. The second kappa shape index (κ2) is 5.20. The number of fused-ring (bicyclic) bond motifs is 1. The molecule has 0 saturated carbocycles. The molecule has 0 aliphatic heterocycles. The van der Waals surface area contributed by atoms with E-state index in [1.54, 1.807) is 25.1 Å². The van der Waals surface area contributed by atoms with Crippen molar-refractivity contribution < 1.29 is 9.50 Å². The molecular weight excluding hydrogens is 313 g/mol. The summed E-state index contributed by atoms with van der Waals surface area (Å²) in [6, 6.07) is 6.00. The molecule has 108 valence electrons. The Bertz CT molecular complexity index is 850. The van der Waals surface area contributed by atoms with Crippen LogP contribution in [0.4, 0.5) is 4.39 Å². The Balaban J connectivity index is 2.24. The first-order valence-electron chi connectivity index (χ1n) is 6.10. The molecule has 0 radical (unpaired) electrons. The molecule has 2 heterocycles. The number of rotatable bonds is 2. The van der Waals surface area contributed by atoms with Crippen LogP contribution in [-0.2, 0) is 0 Å². The van der Waals surface area contributed by atoms with Crippen molar-refractivity contribution in [1.82, 2.24) is 14.6 Å². The molecule has 0 atom stereocenters. The molecule has 0 bridgehead atoms. The van der Waals surface area contributed by atoms with Crippen molar-refractivity contribution >= 4 is 29.0 Å². The van der Waals surface area contributed by atoms with Gasteiger partial charge in [-0.3, -0.25) is 0 Å². The van der Waals surface area contributed by atoms with E-state index in [1.807, 2.05) is 6.26 Å². The van der Waals surface area contributed by atoms with Gasteiger partial charge in [-0.1, -0.05) is 11.6 Å². The van der Waals surface area contributed by atoms with Crippen molar-refractivity contribution in [2.75, 3.05) is 6.26 Å². The van der Waals surface area contributed by atoms with E-state index in [-0.39, 0.29) is 5.88 Å². The lowest BCUT2D eigenvalue weighted by molar-refractivity contribution is 0.420. The molecule has 0 unspecified atom stereocenters. The predicted molar refractivity (Wildman–Crippen MR) is 81.6 cm³/mol. The highest BCUT2D eigenvalue weighted by atomic mass is 35.5. The average Bonchev–Trinajstić information content (AvgIpc) is 2.83. The van der Waals surface area contributed by atoms with E-state index in [2.05, 4.69) is 10.1 Å². The van der Waals surface area contributed by atoms with E-state index in [1.165, 1.54) is 22.3 Å². The van der Waals surface area contributed by atoms with E-state index in [0.29, 0.717) is 32.5 Å². The second-order valence-corrected chi connectivity index (χ2v) is 5.73. The minimum atomic E-state index is -0.466. The molecule has 1 N–H and O–H groups in total. The predicted octanol–water partition coefficient (Wildman–Crippen LogP) is 3.92. The molecule has 3 rings (SSSR count). The zero-order valence-electron chi connectivity index (χ0n) is 11.3. The standard InChI is InChI=1S/C14H11ClFN3OS/c1-7-13(21-2)14(20)19-12(17-7)6-11(18-19)9-4-3-8(15)5-10(9)16/h3-6,20H,1-2H3. The molecule has 0 saturated heterocycles. The third kappa shape index (κ3) is 2.34. The first-order valence-corrected chi connectivity index (χ1v) is 7.70. The van der Waals surface area contributed by atoms with Crippen LogP contribution in [0.5, 0.6) is 5.88 Å². The maximum Gasteiger partial charge on any atom is 0.229 e. The van der Waals surface area contributed by atoms with Crippen LogP contribution in [0.25, 0.3) is 16.9 Å². The highest BCUT2D eigenvalue weighted by Crippen LogP contribution is 2.32. The topological polar surface area (TPSA) is 50.4 Å². The number of halogens is 2. The van der Waals surface area contributed by atoms with Crippen LogP contribution in [0.2, 0.25) is 5.02 Å². The summed E-state index contributed by atoms with van der Waals surface area (Å²) < 4.78 is 15.3. The third-order valence-corrected chi connectivity index (χ3v) is 4.24. The fraction of sp³-hybridized carbons (Fsp3) is 0.143. The lowest BCUT2D eigenvalue weighted by Crippen LogP contribution is -1.96. The van der Waals surface area contributed by atoms with Crippen molar-refractivity contribution in [3.8, 4) is 17.1 Å². The van der Waals surface area contributed by atoms with Crippen LogP contribution in [0.3, 0.4) is 0 Å². The van der Waals surface area contributed by atoms with Crippen LogP contribution in [0.15, 0.2) is 29.2 Å². The van der Waals surface area contributed by atoms with Crippen molar-refractivity contribution in [3.05, 3.63) is 40.8 Å². The van der Waals surface area contributed by atoms with E-state index in [0.717, 1.165) is 0 Å². The molecule has 0 amide bonds. The van der Waals surface area contributed by atoms with E-state index >= 15 is 0 Å². The van der Waals surface area contributed by atoms with Gasteiger partial charge < -0.3 is 5.11 Å². The molecule has 4 nitrogen and oxygen atoms in total. The summed E-state index contributed by atoms with van der Waals surface area (Å²) >= 11 is 7.13. The van der Waals surface area contributed by atoms with Gasteiger partial charge in [-0.25, -0.2) is 9.37 Å². The smallest absolute Gasteiger partial charge is 0.229 e. The van der Waals surface area contributed by atoms with Gasteiger partial charge in [0.25, 0.3) is 0 Å². The van der Waals surface area contributed by atoms with Gasteiger partial charge in [0.2, 0.25) is 5.88 Å². The summed E-state index contributed by atoms with van der Waals surface area (Å²) in [6.45, 7) is 1.81. The van der Waals surface area contributed by atoms with Gasteiger partial charge in [-0.05, 0) is 31.4 Å². The molecule has 0 spiro atoms. The molecule has 2 aromatic heterocycles. The van der Waals surface area contributed by atoms with E-state index in [4.69, 9.17) is 11.6 Å². The number of aromatic nitrogens is 3. The largest absolute Gasteiger partial charge is 0.492 e. The first kappa shape index (κ1) is 14.2. The Morgan fingerprint density at radius 1 is 1.33 bits per heavy atom. The van der Waals surface area contributed by atoms with Crippen LogP contribution in [0.1, 0.15) is 5.69 Å². The van der Waals surface area contributed by atoms with Gasteiger partial charge in [-0.15, -0.1) is 11.8 Å². The van der Waals surface area contributed by atoms with Gasteiger partial charge in [0, 0.05) is 16.7 Å². The minimum absolute atomic E-state index is 0.00521. The van der Waals surface area contributed by atoms with E-state index in [9.17, 15) is 9.50 Å². The van der Waals surface area contributed by atoms with Crippen LogP contribution >= 0.6 is 23.4 Å². The summed E-state index contributed by atoms with van der Waals surface area (Å²) in [7, 11) is 0. The first-order chi connectivity index (χ1) is 10.0. The second-order valence-electron chi connectivity index (χ2n) is 4.48. The Morgan fingerprint density at radius 3 is 2.76 bits per heavy atom. The van der Waals surface area contributed by atoms with Crippen molar-refractivity contribution in [1.29, 1.82) is 0 Å². The van der Waals surface area contributed by atoms with Gasteiger partial charge in [-0.2, -0.15) is 9.61 Å². The number of aryl methyl sites for hydroxylation is 1. The molecule has 0 aliphatic rings. The Hall–Kier alpha value is -1.79. The number of aromatic hydroxyl groups is 1. The highest BCUT2D eigenvalue weighted by molar-refractivity contribution is 7.98. The number of nitrogens with zero attached hydrogens (tertiary/aromatic N) is 3. The molecule has 0 aliphatic carbocycles. The number of hydrogen-bond donors (Lipinski definition) is 1. The zero-order chi connectivity index (χ0) is 15.1. The monoisotopic (exact) mass is 323 g/mol. The maximum atomic E-state index is 14.0. The van der Waals surface area contributed by atoms with Gasteiger partial charge in [0.15, 0.2) is 5.65 Å². The molecule has 7 heteroatoms. The fourth-order valence-electron chi connectivity index (χ4n) is 2.16. The highest BCUT2D eigenvalue weighted by Gasteiger charge is 2.16. The summed E-state index contributed by atoms with van der Waals surface area (Å²) in [5, 5.41) is 14.8. The van der Waals surface area contributed by atoms with Gasteiger partial charge in [0.05, 0.1) is 16.3 Å². The lowest BCUT2D eigenvalue weighted by Gasteiger charge is -2.05. The van der Waals surface area contributed by atoms with Gasteiger partial charge >= 0.3 is 0 Å². The normalized spacial score (nSPS) is 11.2. The Labute approximate surface area is 129 Å². The number of hydrogen-bond acceptors (Lipinski definition) is 4. The SMILES string of the molecule is CSc1c(C)nc2cc(-c3ccc(Cl)cc3F)nn2c1O. The molecule has 21 heavy (non-hydrogen) atoms. The number of thioether (sulfide) groups is 1. The van der Waals surface area contributed by atoms with Crippen molar-refractivity contribution in [2.24, 2.45) is 0 Å². The summed E-state index contributed by atoms with van der Waals surface area (Å²) in [6.07, 6.45) is 1.85. The van der Waals surface area contributed by atoms with Gasteiger partial charge in [0.1, 0.15) is 5.82 Å². The summed E-state index contributed by atoms with van der Waals surface area (Å²) in [5.74, 6) is -0.460. The average molecular weight is 324 g/mol. The Kier molecular flexibility index (Phi) is 3.51. The van der Waals surface area contributed by atoms with E-state index < -0.39 is 5.82 Å².